The summed E-state index contributed by atoms with van der Waals surface area (Å²) in [5.74, 6) is -1.09. The number of hydrogen-bond acceptors (Lipinski definition) is 4. The Morgan fingerprint density at radius 3 is 2.78 bits per heavy atom. The molecule has 0 aromatic carbocycles. The van der Waals surface area contributed by atoms with E-state index in [-0.39, 0.29) is 18.5 Å². The van der Waals surface area contributed by atoms with Crippen LogP contribution in [0, 0.1) is 0 Å². The molecule has 2 rings (SSSR count). The number of quaternary nitrogens is 1. The second-order valence-corrected chi connectivity index (χ2v) is 5.45. The average molecular weight is 258 g/mol. The number of methoxy groups -OCH3 is 1. The van der Waals surface area contributed by atoms with Crippen molar-refractivity contribution in [2.24, 2.45) is 0 Å². The number of carbonyl (C=O) groups is 1. The van der Waals surface area contributed by atoms with Crippen LogP contribution in [0.2, 0.25) is 0 Å². The second-order valence-electron chi connectivity index (χ2n) is 5.45. The molecular weight excluding hydrogens is 234 g/mol. The lowest BCUT2D eigenvalue weighted by atomic mass is 10.1. The topological polar surface area (TPSA) is 49.2 Å². The Hall–Kier alpha value is -0.650. The van der Waals surface area contributed by atoms with Crippen molar-refractivity contribution in [2.75, 3.05) is 33.4 Å². The number of rotatable bonds is 4. The number of hydrogen-bond donors (Lipinski definition) is 1. The van der Waals surface area contributed by atoms with Gasteiger partial charge in [0.15, 0.2) is 5.79 Å². The standard InChI is InChI=1S/C13H23NO4/c1-13(8-12(15)16-2)17-10-11(18-13)9-14-6-4-3-5-7-14/h11H,3-10H2,1-2H3/p+1/t11-,13+/m0/s1. The fourth-order valence-electron chi connectivity index (χ4n) is 2.80. The van der Waals surface area contributed by atoms with Gasteiger partial charge < -0.3 is 19.1 Å². The number of esters is 1. The Morgan fingerprint density at radius 1 is 1.39 bits per heavy atom. The summed E-state index contributed by atoms with van der Waals surface area (Å²) in [5, 5.41) is 0. The predicted molar refractivity (Wildman–Crippen MR) is 65.3 cm³/mol. The van der Waals surface area contributed by atoms with Gasteiger partial charge in [0.25, 0.3) is 0 Å². The first-order valence-corrected chi connectivity index (χ1v) is 6.83. The smallest absolute Gasteiger partial charge is 0.310 e. The molecule has 0 aliphatic carbocycles. The lowest BCUT2D eigenvalue weighted by Gasteiger charge is -2.26. The normalized spacial score (nSPS) is 33.6. The van der Waals surface area contributed by atoms with E-state index in [4.69, 9.17) is 9.47 Å². The van der Waals surface area contributed by atoms with Crippen LogP contribution < -0.4 is 4.90 Å². The summed E-state index contributed by atoms with van der Waals surface area (Å²) < 4.78 is 16.2. The Labute approximate surface area is 108 Å². The minimum Gasteiger partial charge on any atom is -0.469 e. The monoisotopic (exact) mass is 258 g/mol. The third kappa shape index (κ3) is 3.67. The van der Waals surface area contributed by atoms with Gasteiger partial charge >= 0.3 is 5.97 Å². The molecule has 2 saturated heterocycles. The van der Waals surface area contributed by atoms with Gasteiger partial charge in [-0.3, -0.25) is 4.79 Å². The zero-order chi connectivity index (χ0) is 13.0. The van der Waals surface area contributed by atoms with E-state index < -0.39 is 5.79 Å². The quantitative estimate of drug-likeness (QED) is 0.707. The van der Waals surface area contributed by atoms with E-state index in [1.165, 1.54) is 39.5 Å². The summed E-state index contributed by atoms with van der Waals surface area (Å²) in [6.07, 6.45) is 4.23. The molecule has 0 amide bonds. The molecule has 104 valence electrons. The molecular formula is C13H24NO4+. The van der Waals surface area contributed by atoms with Gasteiger partial charge in [0.05, 0.1) is 33.2 Å². The molecule has 0 spiro atoms. The zero-order valence-electron chi connectivity index (χ0n) is 11.4. The lowest BCUT2D eigenvalue weighted by Crippen LogP contribution is -3.13. The van der Waals surface area contributed by atoms with Gasteiger partial charge in [-0.2, -0.15) is 0 Å². The summed E-state index contributed by atoms with van der Waals surface area (Å²) in [6, 6.07) is 0. The summed E-state index contributed by atoms with van der Waals surface area (Å²) >= 11 is 0. The van der Waals surface area contributed by atoms with Gasteiger partial charge in [-0.1, -0.05) is 0 Å². The van der Waals surface area contributed by atoms with Gasteiger partial charge in [0, 0.05) is 0 Å². The largest absolute Gasteiger partial charge is 0.469 e. The van der Waals surface area contributed by atoms with E-state index in [2.05, 4.69) is 4.74 Å². The van der Waals surface area contributed by atoms with E-state index in [1.54, 1.807) is 4.90 Å². The molecule has 0 bridgehead atoms. The molecule has 0 saturated carbocycles. The maximum atomic E-state index is 11.3. The Bertz CT molecular complexity index is 291. The Morgan fingerprint density at radius 2 is 2.11 bits per heavy atom. The van der Waals surface area contributed by atoms with Gasteiger partial charge in [0.1, 0.15) is 12.6 Å². The van der Waals surface area contributed by atoms with Gasteiger partial charge in [-0.15, -0.1) is 0 Å². The van der Waals surface area contributed by atoms with Crippen molar-refractivity contribution < 1.29 is 23.9 Å². The predicted octanol–water partition coefficient (Wildman–Crippen LogP) is -0.250. The Balaban J connectivity index is 1.78. The van der Waals surface area contributed by atoms with Crippen LogP contribution in [0.3, 0.4) is 0 Å². The molecule has 0 aromatic rings. The molecule has 2 atom stereocenters. The zero-order valence-corrected chi connectivity index (χ0v) is 11.4. The van der Waals surface area contributed by atoms with Crippen LogP contribution in [-0.4, -0.2) is 51.2 Å². The molecule has 5 nitrogen and oxygen atoms in total. The SMILES string of the molecule is COC(=O)C[C@]1(C)OC[C@H](C[NH+]2CCCCC2)O1. The first-order chi connectivity index (χ1) is 8.61. The Kier molecular flexibility index (Phi) is 4.59. The fraction of sp³-hybridized carbons (Fsp3) is 0.923. The minimum atomic E-state index is -0.799. The summed E-state index contributed by atoms with van der Waals surface area (Å²) in [7, 11) is 1.38. The van der Waals surface area contributed by atoms with Crippen LogP contribution in [0.5, 0.6) is 0 Å². The van der Waals surface area contributed by atoms with Crippen LogP contribution >= 0.6 is 0 Å². The summed E-state index contributed by atoms with van der Waals surface area (Å²) in [4.78, 5) is 12.9. The van der Waals surface area contributed by atoms with Crippen molar-refractivity contribution >= 4 is 5.97 Å². The van der Waals surface area contributed by atoms with E-state index in [9.17, 15) is 4.79 Å². The van der Waals surface area contributed by atoms with Gasteiger partial charge in [0.2, 0.25) is 0 Å². The number of ether oxygens (including phenoxy) is 3. The molecule has 0 radical (unpaired) electrons. The van der Waals surface area contributed by atoms with Gasteiger partial charge in [-0.25, -0.2) is 0 Å². The maximum absolute atomic E-state index is 11.3. The molecule has 5 heteroatoms. The van der Waals surface area contributed by atoms with Crippen molar-refractivity contribution in [1.82, 2.24) is 0 Å². The van der Waals surface area contributed by atoms with E-state index in [0.29, 0.717) is 6.61 Å². The second kappa shape index (κ2) is 5.99. The molecule has 18 heavy (non-hydrogen) atoms. The molecule has 2 aliphatic rings. The number of piperidine rings is 1. The first-order valence-electron chi connectivity index (χ1n) is 6.83. The average Bonchev–Trinajstić information content (AvgIpc) is 2.71. The van der Waals surface area contributed by atoms with E-state index in [1.807, 2.05) is 6.92 Å². The molecule has 0 unspecified atom stereocenters. The van der Waals surface area contributed by atoms with E-state index >= 15 is 0 Å². The van der Waals surface area contributed by atoms with Gasteiger partial charge in [-0.05, 0) is 26.2 Å². The van der Waals surface area contributed by atoms with E-state index in [0.717, 1.165) is 6.54 Å². The molecule has 2 fully saturated rings. The van der Waals surface area contributed by atoms with Crippen LogP contribution in [0.4, 0.5) is 0 Å². The lowest BCUT2D eigenvalue weighted by molar-refractivity contribution is -0.907. The highest BCUT2D eigenvalue weighted by molar-refractivity contribution is 5.70. The van der Waals surface area contributed by atoms with Crippen molar-refractivity contribution in [1.29, 1.82) is 0 Å². The maximum Gasteiger partial charge on any atom is 0.310 e. The number of likely N-dealkylation sites (tertiary alicyclic amines) is 1. The van der Waals surface area contributed by atoms with Crippen LogP contribution in [0.15, 0.2) is 0 Å². The highest BCUT2D eigenvalue weighted by Gasteiger charge is 2.41. The fourth-order valence-corrected chi connectivity index (χ4v) is 2.80. The number of nitrogens with one attached hydrogen (secondary N) is 1. The summed E-state index contributed by atoms with van der Waals surface area (Å²) in [5.41, 5.74) is 0. The molecule has 0 aromatic heterocycles. The van der Waals surface area contributed by atoms with Crippen molar-refractivity contribution in [3.8, 4) is 0 Å². The van der Waals surface area contributed by atoms with Crippen molar-refractivity contribution in [2.45, 2.75) is 44.5 Å². The number of carbonyl (C=O) groups excluding carboxylic acids is 1. The van der Waals surface area contributed by atoms with Crippen LogP contribution in [0.1, 0.15) is 32.6 Å². The molecule has 2 aliphatic heterocycles. The highest BCUT2D eigenvalue weighted by atomic mass is 16.7. The third-order valence-electron chi connectivity index (χ3n) is 3.76. The van der Waals surface area contributed by atoms with Crippen molar-refractivity contribution in [3.63, 3.8) is 0 Å². The summed E-state index contributed by atoms with van der Waals surface area (Å²) in [6.45, 7) is 5.84. The molecule has 1 N–H and O–H groups in total. The van der Waals surface area contributed by atoms with Crippen LogP contribution in [-0.2, 0) is 19.0 Å². The van der Waals surface area contributed by atoms with Crippen molar-refractivity contribution in [3.05, 3.63) is 0 Å². The molecule has 2 heterocycles. The first kappa shape index (κ1) is 13.8. The highest BCUT2D eigenvalue weighted by Crippen LogP contribution is 2.26. The van der Waals surface area contributed by atoms with Crippen LogP contribution in [0.25, 0.3) is 0 Å². The minimum absolute atomic E-state index is 0.104. The third-order valence-corrected chi connectivity index (χ3v) is 3.76.